The fourth-order valence-corrected chi connectivity index (χ4v) is 2.26. The van der Waals surface area contributed by atoms with Crippen LogP contribution in [0.25, 0.3) is 0 Å². The molecule has 0 bridgehead atoms. The lowest BCUT2D eigenvalue weighted by molar-refractivity contribution is 0.507. The van der Waals surface area contributed by atoms with Gasteiger partial charge in [0.15, 0.2) is 11.6 Å². The smallest absolute Gasteiger partial charge is 0.159 e. The molecule has 0 saturated heterocycles. The Hall–Kier alpha value is -1.19. The lowest BCUT2D eigenvalue weighted by atomic mass is 10.0. The van der Waals surface area contributed by atoms with Gasteiger partial charge in [-0.2, -0.15) is 0 Å². The van der Waals surface area contributed by atoms with E-state index in [0.29, 0.717) is 10.6 Å². The number of alkyl halides is 1. The Morgan fingerprint density at radius 2 is 1.58 bits per heavy atom. The number of benzene rings is 2. The molecule has 0 aliphatic heterocycles. The van der Waals surface area contributed by atoms with Crippen LogP contribution >= 0.6 is 23.2 Å². The molecule has 0 nitrogen and oxygen atoms in total. The molecule has 0 aromatic heterocycles. The third-order valence-electron chi connectivity index (χ3n) is 2.69. The lowest BCUT2D eigenvalue weighted by Crippen LogP contribution is -2.00. The van der Waals surface area contributed by atoms with E-state index < -0.39 is 22.8 Å². The summed E-state index contributed by atoms with van der Waals surface area (Å²) in [6.07, 6.45) is 0.177. The molecule has 0 saturated carbocycles. The summed E-state index contributed by atoms with van der Waals surface area (Å²) in [6, 6.07) is 7.54. The second-order valence-electron chi connectivity index (χ2n) is 4.09. The monoisotopic (exact) mass is 304 g/mol. The van der Waals surface area contributed by atoms with E-state index in [1.165, 1.54) is 24.3 Å². The summed E-state index contributed by atoms with van der Waals surface area (Å²) in [5.74, 6) is -2.36. The van der Waals surface area contributed by atoms with E-state index in [0.717, 1.165) is 12.1 Å². The summed E-state index contributed by atoms with van der Waals surface area (Å²) in [6.45, 7) is 0. The van der Waals surface area contributed by atoms with Gasteiger partial charge < -0.3 is 0 Å². The first-order valence-electron chi connectivity index (χ1n) is 5.50. The van der Waals surface area contributed by atoms with Crippen molar-refractivity contribution in [2.24, 2.45) is 0 Å². The SMILES string of the molecule is Fc1ccc(CC(Cl)c2cc(Cl)ccc2F)cc1F. The lowest BCUT2D eigenvalue weighted by Gasteiger charge is -2.11. The average Bonchev–Trinajstić information content (AvgIpc) is 2.36. The fraction of sp³-hybridized carbons (Fsp3) is 0.143. The van der Waals surface area contributed by atoms with Gasteiger partial charge in [0.2, 0.25) is 0 Å². The molecule has 0 aliphatic carbocycles. The van der Waals surface area contributed by atoms with E-state index >= 15 is 0 Å². The van der Waals surface area contributed by atoms with Crippen LogP contribution in [0.3, 0.4) is 0 Å². The Morgan fingerprint density at radius 1 is 0.895 bits per heavy atom. The van der Waals surface area contributed by atoms with Crippen LogP contribution in [0.4, 0.5) is 13.2 Å². The second kappa shape index (κ2) is 5.85. The molecule has 0 heterocycles. The number of hydrogen-bond donors (Lipinski definition) is 0. The van der Waals surface area contributed by atoms with Crippen LogP contribution in [-0.2, 0) is 6.42 Å². The maximum atomic E-state index is 13.6. The number of hydrogen-bond acceptors (Lipinski definition) is 0. The van der Waals surface area contributed by atoms with Gasteiger partial charge in [0.05, 0.1) is 5.38 Å². The summed E-state index contributed by atoms with van der Waals surface area (Å²) in [7, 11) is 0. The van der Waals surface area contributed by atoms with Gasteiger partial charge in [0.1, 0.15) is 5.82 Å². The van der Waals surface area contributed by atoms with E-state index in [2.05, 4.69) is 0 Å². The van der Waals surface area contributed by atoms with Crippen LogP contribution in [0.2, 0.25) is 5.02 Å². The molecular weight excluding hydrogens is 296 g/mol. The number of rotatable bonds is 3. The Morgan fingerprint density at radius 3 is 2.26 bits per heavy atom. The largest absolute Gasteiger partial charge is 0.207 e. The van der Waals surface area contributed by atoms with Gasteiger partial charge >= 0.3 is 0 Å². The molecule has 0 N–H and O–H groups in total. The van der Waals surface area contributed by atoms with E-state index in [-0.39, 0.29) is 12.0 Å². The molecule has 19 heavy (non-hydrogen) atoms. The summed E-state index contributed by atoms with van der Waals surface area (Å²) >= 11 is 11.9. The van der Waals surface area contributed by atoms with Crippen molar-refractivity contribution in [2.75, 3.05) is 0 Å². The van der Waals surface area contributed by atoms with Crippen molar-refractivity contribution in [2.45, 2.75) is 11.8 Å². The van der Waals surface area contributed by atoms with Crippen molar-refractivity contribution in [3.05, 3.63) is 70.0 Å². The van der Waals surface area contributed by atoms with E-state index in [9.17, 15) is 13.2 Å². The highest BCUT2D eigenvalue weighted by Crippen LogP contribution is 2.29. The van der Waals surface area contributed by atoms with E-state index in [1.54, 1.807) is 0 Å². The molecule has 1 unspecified atom stereocenters. The van der Waals surface area contributed by atoms with Crippen molar-refractivity contribution < 1.29 is 13.2 Å². The van der Waals surface area contributed by atoms with Crippen molar-refractivity contribution in [3.8, 4) is 0 Å². The Labute approximate surface area is 118 Å². The third-order valence-corrected chi connectivity index (χ3v) is 3.32. The summed E-state index contributed by atoms with van der Waals surface area (Å²) < 4.78 is 39.4. The van der Waals surface area contributed by atoms with Crippen molar-refractivity contribution in [1.29, 1.82) is 0 Å². The first kappa shape index (κ1) is 14.2. The minimum Gasteiger partial charge on any atom is -0.207 e. The highest BCUT2D eigenvalue weighted by Gasteiger charge is 2.15. The van der Waals surface area contributed by atoms with E-state index in [4.69, 9.17) is 23.2 Å². The molecule has 2 aromatic carbocycles. The minimum atomic E-state index is -0.951. The zero-order valence-electron chi connectivity index (χ0n) is 9.64. The molecule has 0 fully saturated rings. The quantitative estimate of drug-likeness (QED) is 0.677. The van der Waals surface area contributed by atoms with Crippen LogP contribution in [0, 0.1) is 17.5 Å². The van der Waals surface area contributed by atoms with Gasteiger partial charge in [-0.05, 0) is 42.3 Å². The maximum Gasteiger partial charge on any atom is 0.159 e. The van der Waals surface area contributed by atoms with Crippen LogP contribution in [0.5, 0.6) is 0 Å². The molecule has 0 amide bonds. The third kappa shape index (κ3) is 3.43. The van der Waals surface area contributed by atoms with Gasteiger partial charge in [-0.3, -0.25) is 0 Å². The van der Waals surface area contributed by atoms with Gasteiger partial charge in [-0.1, -0.05) is 17.7 Å². The summed E-state index contributed by atoms with van der Waals surface area (Å²) in [5, 5.41) is -0.337. The highest BCUT2D eigenvalue weighted by atomic mass is 35.5. The average molecular weight is 305 g/mol. The zero-order chi connectivity index (χ0) is 14.0. The van der Waals surface area contributed by atoms with Gasteiger partial charge in [-0.15, -0.1) is 11.6 Å². The molecule has 0 spiro atoms. The highest BCUT2D eigenvalue weighted by molar-refractivity contribution is 6.30. The Bertz CT molecular complexity index is 599. The molecule has 100 valence electrons. The molecule has 5 heteroatoms. The summed E-state index contributed by atoms with van der Waals surface area (Å²) in [4.78, 5) is 0. The predicted molar refractivity (Wildman–Crippen MR) is 70.1 cm³/mol. The fourth-order valence-electron chi connectivity index (χ4n) is 1.74. The molecule has 0 aliphatic rings. The Balaban J connectivity index is 2.22. The summed E-state index contributed by atoms with van der Waals surface area (Å²) in [5.41, 5.74) is 0.720. The maximum absolute atomic E-state index is 13.6. The number of halogens is 5. The van der Waals surface area contributed by atoms with Crippen molar-refractivity contribution >= 4 is 23.2 Å². The normalized spacial score (nSPS) is 12.5. The van der Waals surface area contributed by atoms with Crippen molar-refractivity contribution in [1.82, 2.24) is 0 Å². The van der Waals surface area contributed by atoms with Gasteiger partial charge in [0, 0.05) is 10.6 Å². The molecule has 1 atom stereocenters. The first-order chi connectivity index (χ1) is 8.97. The molecule has 2 aromatic rings. The van der Waals surface area contributed by atoms with Crippen LogP contribution in [-0.4, -0.2) is 0 Å². The van der Waals surface area contributed by atoms with Crippen LogP contribution < -0.4 is 0 Å². The predicted octanol–water partition coefficient (Wildman–Crippen LogP) is 5.28. The van der Waals surface area contributed by atoms with Crippen LogP contribution in [0.15, 0.2) is 36.4 Å². The minimum absolute atomic E-state index is 0.177. The van der Waals surface area contributed by atoms with Gasteiger partial charge in [0.25, 0.3) is 0 Å². The standard InChI is InChI=1S/C14H9Cl2F3/c15-9-2-4-12(17)10(7-9)11(16)5-8-1-3-13(18)14(19)6-8/h1-4,6-7,11H,5H2. The van der Waals surface area contributed by atoms with Crippen molar-refractivity contribution in [3.63, 3.8) is 0 Å². The van der Waals surface area contributed by atoms with E-state index in [1.807, 2.05) is 0 Å². The molecule has 0 radical (unpaired) electrons. The topological polar surface area (TPSA) is 0 Å². The Kier molecular flexibility index (Phi) is 4.38. The van der Waals surface area contributed by atoms with Crippen LogP contribution in [0.1, 0.15) is 16.5 Å². The molecule has 2 rings (SSSR count). The second-order valence-corrected chi connectivity index (χ2v) is 5.05. The molecular formula is C14H9Cl2F3. The first-order valence-corrected chi connectivity index (χ1v) is 6.32. The zero-order valence-corrected chi connectivity index (χ0v) is 11.2. The van der Waals surface area contributed by atoms with Gasteiger partial charge in [-0.25, -0.2) is 13.2 Å².